The fourth-order valence-corrected chi connectivity index (χ4v) is 8.08. The van der Waals surface area contributed by atoms with E-state index in [1.807, 2.05) is 0 Å². The summed E-state index contributed by atoms with van der Waals surface area (Å²) in [6.07, 6.45) is 11.6. The van der Waals surface area contributed by atoms with Crippen molar-refractivity contribution in [1.82, 2.24) is 4.57 Å². The monoisotopic (exact) mass is 529 g/mol. The number of hydrogen-bond donors (Lipinski definition) is 0. The summed E-state index contributed by atoms with van der Waals surface area (Å²) in [5, 5.41) is 1.27. The van der Waals surface area contributed by atoms with Crippen LogP contribution in [-0.4, -0.2) is 4.57 Å². The van der Waals surface area contributed by atoms with Crippen molar-refractivity contribution >= 4 is 22.6 Å². The SMILES string of the molecule is CC1(C)C2=C(C=CCC2)c2cccc(-c3ccc(-n4c5c(c6ccccc64)C=CC4c6ccccc6OC54)cc3)c21. The van der Waals surface area contributed by atoms with Gasteiger partial charge >= 0.3 is 0 Å². The van der Waals surface area contributed by atoms with Crippen LogP contribution in [0.5, 0.6) is 5.75 Å². The van der Waals surface area contributed by atoms with Crippen molar-refractivity contribution in [3.63, 3.8) is 0 Å². The van der Waals surface area contributed by atoms with Gasteiger partial charge in [0.1, 0.15) is 11.9 Å². The first-order valence-electron chi connectivity index (χ1n) is 14.8. The van der Waals surface area contributed by atoms with Crippen molar-refractivity contribution in [3.05, 3.63) is 143 Å². The number of rotatable bonds is 2. The van der Waals surface area contributed by atoms with Gasteiger partial charge in [-0.25, -0.2) is 0 Å². The number of benzene rings is 4. The summed E-state index contributed by atoms with van der Waals surface area (Å²) in [4.78, 5) is 0. The number of ether oxygens (including phenoxy) is 1. The molecule has 4 aromatic carbocycles. The molecule has 2 heteroatoms. The van der Waals surface area contributed by atoms with Crippen LogP contribution < -0.4 is 4.74 Å². The Labute approximate surface area is 240 Å². The fourth-order valence-electron chi connectivity index (χ4n) is 8.08. The first-order valence-corrected chi connectivity index (χ1v) is 14.8. The number of nitrogens with zero attached hydrogens (tertiary/aromatic N) is 1. The Kier molecular flexibility index (Phi) is 4.66. The van der Waals surface area contributed by atoms with Gasteiger partial charge in [-0.3, -0.25) is 0 Å². The summed E-state index contributed by atoms with van der Waals surface area (Å²) in [6.45, 7) is 4.82. The lowest BCUT2D eigenvalue weighted by Gasteiger charge is -2.28. The maximum atomic E-state index is 6.66. The van der Waals surface area contributed by atoms with Crippen LogP contribution in [0.1, 0.15) is 66.7 Å². The third-order valence-corrected chi connectivity index (χ3v) is 9.89. The molecule has 0 saturated heterocycles. The minimum atomic E-state index is -0.0388. The average molecular weight is 530 g/mol. The minimum Gasteiger partial charge on any atom is -0.483 e. The van der Waals surface area contributed by atoms with Gasteiger partial charge in [-0.15, -0.1) is 0 Å². The van der Waals surface area contributed by atoms with Gasteiger partial charge in [-0.2, -0.15) is 0 Å². The molecule has 9 rings (SSSR count). The predicted octanol–water partition coefficient (Wildman–Crippen LogP) is 9.94. The molecule has 0 saturated carbocycles. The second-order valence-electron chi connectivity index (χ2n) is 12.3. The summed E-state index contributed by atoms with van der Waals surface area (Å²) < 4.78 is 9.10. The lowest BCUT2D eigenvalue weighted by atomic mass is 9.76. The predicted molar refractivity (Wildman–Crippen MR) is 169 cm³/mol. The Morgan fingerprint density at radius 3 is 2.51 bits per heavy atom. The molecule has 41 heavy (non-hydrogen) atoms. The molecule has 3 aliphatic carbocycles. The Morgan fingerprint density at radius 2 is 1.61 bits per heavy atom. The maximum absolute atomic E-state index is 6.66. The highest BCUT2D eigenvalue weighted by Crippen LogP contribution is 2.54. The molecule has 4 aliphatic rings. The van der Waals surface area contributed by atoms with Gasteiger partial charge in [0, 0.05) is 33.5 Å². The molecular formula is C39H31NO. The zero-order valence-electron chi connectivity index (χ0n) is 23.4. The van der Waals surface area contributed by atoms with Gasteiger partial charge in [0.15, 0.2) is 0 Å². The van der Waals surface area contributed by atoms with E-state index in [2.05, 4.69) is 134 Å². The van der Waals surface area contributed by atoms with Gasteiger partial charge in [0.05, 0.1) is 11.2 Å². The Morgan fingerprint density at radius 1 is 0.805 bits per heavy atom. The highest BCUT2D eigenvalue weighted by atomic mass is 16.5. The van der Waals surface area contributed by atoms with E-state index in [-0.39, 0.29) is 17.4 Å². The van der Waals surface area contributed by atoms with Crippen molar-refractivity contribution in [2.75, 3.05) is 0 Å². The lowest BCUT2D eigenvalue weighted by molar-refractivity contribution is 0.216. The van der Waals surface area contributed by atoms with Gasteiger partial charge in [0.25, 0.3) is 0 Å². The molecule has 0 spiro atoms. The summed E-state index contributed by atoms with van der Waals surface area (Å²) in [5.74, 6) is 1.22. The molecule has 0 bridgehead atoms. The van der Waals surface area contributed by atoms with E-state index >= 15 is 0 Å². The van der Waals surface area contributed by atoms with Crippen molar-refractivity contribution < 1.29 is 4.74 Å². The van der Waals surface area contributed by atoms with E-state index in [1.165, 1.54) is 61.2 Å². The average Bonchev–Trinajstić information content (AvgIpc) is 3.64. The molecule has 0 fully saturated rings. The van der Waals surface area contributed by atoms with Crippen molar-refractivity contribution in [1.29, 1.82) is 0 Å². The summed E-state index contributed by atoms with van der Waals surface area (Å²) in [6, 6.07) is 33.3. The van der Waals surface area contributed by atoms with Crippen LogP contribution in [0.3, 0.4) is 0 Å². The number of allylic oxidation sites excluding steroid dienone is 4. The van der Waals surface area contributed by atoms with Crippen LogP contribution in [0, 0.1) is 0 Å². The van der Waals surface area contributed by atoms with E-state index in [9.17, 15) is 0 Å². The molecule has 5 aromatic rings. The van der Waals surface area contributed by atoms with Crippen LogP contribution in [0.2, 0.25) is 0 Å². The molecule has 2 atom stereocenters. The zero-order valence-corrected chi connectivity index (χ0v) is 23.4. The third kappa shape index (κ3) is 3.08. The highest BCUT2D eigenvalue weighted by Gasteiger charge is 2.41. The highest BCUT2D eigenvalue weighted by molar-refractivity contribution is 5.95. The smallest absolute Gasteiger partial charge is 0.150 e. The molecule has 0 amide bonds. The Bertz CT molecular complexity index is 2000. The standard InChI is InChI=1S/C39H31NO/c1-39(2)33-15-6-3-10-27(33)30-14-9-13-26(36(30)39)24-18-20-25(21-19-24)40-34-16-7-4-11-28(34)31-22-23-32-29-12-5-8-17-35(29)41-38(32)37(31)40/h3-5,7-14,16-23,32,38H,6,15H2,1-2H3. The molecule has 1 aliphatic heterocycles. The Balaban J connectivity index is 1.18. The molecule has 0 radical (unpaired) electrons. The number of fused-ring (bicyclic) bond motifs is 9. The molecule has 2 nitrogen and oxygen atoms in total. The van der Waals surface area contributed by atoms with Crippen LogP contribution in [-0.2, 0) is 5.41 Å². The second-order valence-corrected chi connectivity index (χ2v) is 12.3. The molecule has 2 unspecified atom stereocenters. The zero-order chi connectivity index (χ0) is 27.3. The minimum absolute atomic E-state index is 0.0383. The van der Waals surface area contributed by atoms with Gasteiger partial charge in [-0.1, -0.05) is 110 Å². The van der Waals surface area contributed by atoms with Gasteiger partial charge in [-0.05, 0) is 64.9 Å². The van der Waals surface area contributed by atoms with Crippen LogP contribution in [0.25, 0.3) is 39.4 Å². The second kappa shape index (κ2) is 8.24. The van der Waals surface area contributed by atoms with E-state index in [4.69, 9.17) is 4.74 Å². The summed E-state index contributed by atoms with van der Waals surface area (Å²) in [7, 11) is 0. The van der Waals surface area contributed by atoms with Crippen molar-refractivity contribution in [2.45, 2.75) is 44.1 Å². The van der Waals surface area contributed by atoms with Crippen LogP contribution in [0.4, 0.5) is 0 Å². The maximum Gasteiger partial charge on any atom is 0.150 e. The lowest BCUT2D eigenvalue weighted by Crippen LogP contribution is -2.19. The Hall–Kier alpha value is -4.56. The van der Waals surface area contributed by atoms with Gasteiger partial charge in [0.2, 0.25) is 0 Å². The first-order chi connectivity index (χ1) is 20.1. The van der Waals surface area contributed by atoms with E-state index in [0.717, 1.165) is 18.6 Å². The van der Waals surface area contributed by atoms with Crippen LogP contribution in [0.15, 0.2) is 115 Å². The molecule has 0 N–H and O–H groups in total. The van der Waals surface area contributed by atoms with E-state index < -0.39 is 0 Å². The topological polar surface area (TPSA) is 14.2 Å². The van der Waals surface area contributed by atoms with Crippen molar-refractivity contribution in [3.8, 4) is 22.6 Å². The quantitative estimate of drug-likeness (QED) is 0.222. The fraction of sp³-hybridized carbons (Fsp3) is 0.179. The largest absolute Gasteiger partial charge is 0.483 e. The van der Waals surface area contributed by atoms with Crippen LogP contribution >= 0.6 is 0 Å². The normalized spacial score (nSPS) is 20.8. The number of hydrogen-bond acceptors (Lipinski definition) is 1. The van der Waals surface area contributed by atoms with Gasteiger partial charge < -0.3 is 9.30 Å². The number of aromatic nitrogens is 1. The summed E-state index contributed by atoms with van der Waals surface area (Å²) in [5.41, 5.74) is 14.8. The number of para-hydroxylation sites is 2. The van der Waals surface area contributed by atoms with Crippen molar-refractivity contribution in [2.24, 2.45) is 0 Å². The molecular weight excluding hydrogens is 498 g/mol. The first kappa shape index (κ1) is 23.2. The molecule has 198 valence electrons. The molecule has 2 heterocycles. The summed E-state index contributed by atoms with van der Waals surface area (Å²) >= 11 is 0. The van der Waals surface area contributed by atoms with E-state index in [0.29, 0.717) is 0 Å². The van der Waals surface area contributed by atoms with E-state index in [1.54, 1.807) is 5.57 Å². The molecule has 1 aromatic heterocycles. The third-order valence-electron chi connectivity index (χ3n) is 9.89.